The van der Waals surface area contributed by atoms with Crippen molar-refractivity contribution >= 4 is 48.4 Å². The standard InChI is InChI=1S/C31H38ClN7O4Si/c1-44(2,3)14-13-43-20-39-27(16-25-28(32)34-19-35-29(25)39)22-6-8-23(9-7-22)36-30(40)26-15-21(10-11-33-26)17-38-12-4-5-24(18-38)37-31(41)42/h6-11,15-16,19,24,37H,4-5,12-14,17-18,20H2,1-3H3,(H,36,40)(H,41,42)/t24-/m1/s1. The minimum Gasteiger partial charge on any atom is -0.465 e. The number of nitrogens with one attached hydrogen (secondary N) is 2. The molecule has 1 aliphatic heterocycles. The number of aromatic nitrogens is 4. The van der Waals surface area contributed by atoms with Crippen LogP contribution in [0.4, 0.5) is 10.5 Å². The number of anilines is 1. The minimum atomic E-state index is -1.23. The SMILES string of the molecule is C[Si](C)(C)CCOCn1c(-c2ccc(NC(=O)c3cc(CN4CCC[C@@H](NC(=O)O)C4)ccn3)cc2)cc2c(Cl)ncnc21. The van der Waals surface area contributed by atoms with Gasteiger partial charge in [0, 0.05) is 45.7 Å². The first-order valence-corrected chi connectivity index (χ1v) is 18.8. The second-order valence-corrected chi connectivity index (χ2v) is 18.3. The zero-order valence-corrected chi connectivity index (χ0v) is 27.0. The molecule has 0 bridgehead atoms. The van der Waals surface area contributed by atoms with Gasteiger partial charge in [0.25, 0.3) is 5.91 Å². The Hall–Kier alpha value is -3.84. The van der Waals surface area contributed by atoms with Gasteiger partial charge < -0.3 is 25.0 Å². The summed E-state index contributed by atoms with van der Waals surface area (Å²) in [5, 5.41) is 15.7. The maximum absolute atomic E-state index is 13.1. The molecule has 2 amide bonds. The van der Waals surface area contributed by atoms with E-state index in [0.29, 0.717) is 48.6 Å². The topological polar surface area (TPSA) is 134 Å². The Labute approximate surface area is 262 Å². The Kier molecular flexibility index (Phi) is 9.94. The van der Waals surface area contributed by atoms with Crippen LogP contribution < -0.4 is 10.6 Å². The first kappa shape index (κ1) is 31.6. The van der Waals surface area contributed by atoms with E-state index in [1.54, 1.807) is 12.3 Å². The van der Waals surface area contributed by atoms with Crippen LogP contribution in [0.25, 0.3) is 22.3 Å². The lowest BCUT2D eigenvalue weighted by atomic mass is 10.0. The zero-order chi connectivity index (χ0) is 31.3. The van der Waals surface area contributed by atoms with Crippen molar-refractivity contribution in [3.63, 3.8) is 0 Å². The van der Waals surface area contributed by atoms with Crippen LogP contribution in [0.15, 0.2) is 55.0 Å². The van der Waals surface area contributed by atoms with Gasteiger partial charge in [-0.15, -0.1) is 0 Å². The molecule has 13 heteroatoms. The molecule has 4 heterocycles. The predicted octanol–water partition coefficient (Wildman–Crippen LogP) is 5.94. The van der Waals surface area contributed by atoms with Gasteiger partial charge in [-0.3, -0.25) is 14.7 Å². The number of hydrogen-bond acceptors (Lipinski definition) is 7. The van der Waals surface area contributed by atoms with E-state index in [9.17, 15) is 9.59 Å². The molecule has 3 aromatic heterocycles. The van der Waals surface area contributed by atoms with Crippen molar-refractivity contribution < 1.29 is 19.4 Å². The Morgan fingerprint density at radius 1 is 1.11 bits per heavy atom. The average Bonchev–Trinajstić information content (AvgIpc) is 3.35. The Bertz CT molecular complexity index is 1620. The van der Waals surface area contributed by atoms with Gasteiger partial charge in [0.1, 0.15) is 29.6 Å². The molecular weight excluding hydrogens is 598 g/mol. The van der Waals surface area contributed by atoms with Crippen LogP contribution in [0.5, 0.6) is 0 Å². The molecular formula is C31H38ClN7O4Si. The molecule has 0 unspecified atom stereocenters. The van der Waals surface area contributed by atoms with Crippen molar-refractivity contribution in [2.75, 3.05) is 25.0 Å². The highest BCUT2D eigenvalue weighted by atomic mass is 35.5. The summed E-state index contributed by atoms with van der Waals surface area (Å²) in [6.07, 6.45) is 3.81. The number of carboxylic acid groups (broad SMARTS) is 1. The number of halogens is 1. The number of carbonyl (C=O) groups excluding carboxylic acids is 1. The van der Waals surface area contributed by atoms with E-state index in [4.69, 9.17) is 21.4 Å². The van der Waals surface area contributed by atoms with Gasteiger partial charge in [-0.2, -0.15) is 0 Å². The number of benzene rings is 1. The van der Waals surface area contributed by atoms with Crippen molar-refractivity contribution in [2.45, 2.75) is 57.8 Å². The molecule has 1 atom stereocenters. The van der Waals surface area contributed by atoms with Gasteiger partial charge in [0.05, 0.1) is 11.1 Å². The van der Waals surface area contributed by atoms with E-state index in [2.05, 4.69) is 50.1 Å². The zero-order valence-electron chi connectivity index (χ0n) is 25.2. The maximum Gasteiger partial charge on any atom is 0.404 e. The number of likely N-dealkylation sites (tertiary alicyclic amines) is 1. The summed E-state index contributed by atoms with van der Waals surface area (Å²) in [5.41, 5.74) is 4.40. The third-order valence-electron chi connectivity index (χ3n) is 7.59. The monoisotopic (exact) mass is 635 g/mol. The third kappa shape index (κ3) is 8.20. The summed E-state index contributed by atoms with van der Waals surface area (Å²) in [5.74, 6) is -0.310. The molecule has 3 N–H and O–H groups in total. The van der Waals surface area contributed by atoms with Crippen LogP contribution in [0.1, 0.15) is 28.9 Å². The minimum absolute atomic E-state index is 0.0949. The molecule has 1 fully saturated rings. The van der Waals surface area contributed by atoms with Gasteiger partial charge in [-0.05, 0) is 66.9 Å². The number of hydrogen-bond donors (Lipinski definition) is 3. The number of rotatable bonds is 11. The third-order valence-corrected chi connectivity index (χ3v) is 9.60. The number of nitrogens with zero attached hydrogens (tertiary/aromatic N) is 5. The van der Waals surface area contributed by atoms with Crippen molar-refractivity contribution in [3.05, 3.63) is 71.4 Å². The fourth-order valence-corrected chi connectivity index (χ4v) is 6.24. The fraction of sp³-hybridized carbons (Fsp3) is 0.387. The molecule has 4 aromatic rings. The van der Waals surface area contributed by atoms with Gasteiger partial charge >= 0.3 is 6.09 Å². The van der Waals surface area contributed by atoms with Crippen molar-refractivity contribution in [3.8, 4) is 11.3 Å². The lowest BCUT2D eigenvalue weighted by Crippen LogP contribution is -2.46. The summed E-state index contributed by atoms with van der Waals surface area (Å²) in [6, 6.07) is 14.2. The Morgan fingerprint density at radius 2 is 1.91 bits per heavy atom. The van der Waals surface area contributed by atoms with Gasteiger partial charge in [0.15, 0.2) is 0 Å². The first-order chi connectivity index (χ1) is 21.1. The highest BCUT2D eigenvalue weighted by Gasteiger charge is 2.22. The molecule has 44 heavy (non-hydrogen) atoms. The predicted molar refractivity (Wildman–Crippen MR) is 174 cm³/mol. The quantitative estimate of drug-likeness (QED) is 0.105. The van der Waals surface area contributed by atoms with Crippen molar-refractivity contribution in [2.24, 2.45) is 0 Å². The van der Waals surface area contributed by atoms with Crippen molar-refractivity contribution in [1.82, 2.24) is 29.7 Å². The number of ether oxygens (including phenoxy) is 1. The van der Waals surface area contributed by atoms with Gasteiger partial charge in [-0.25, -0.2) is 14.8 Å². The summed E-state index contributed by atoms with van der Waals surface area (Å²) in [7, 11) is -1.23. The largest absolute Gasteiger partial charge is 0.465 e. The van der Waals surface area contributed by atoms with E-state index in [-0.39, 0.29) is 11.9 Å². The highest BCUT2D eigenvalue weighted by molar-refractivity contribution is 6.76. The van der Waals surface area contributed by atoms with Crippen LogP contribution in [-0.2, 0) is 18.0 Å². The number of piperidine rings is 1. The van der Waals surface area contributed by atoms with Crippen LogP contribution in [0.2, 0.25) is 30.8 Å². The number of carbonyl (C=O) groups is 2. The highest BCUT2D eigenvalue weighted by Crippen LogP contribution is 2.31. The molecule has 11 nitrogen and oxygen atoms in total. The second-order valence-electron chi connectivity index (χ2n) is 12.3. The maximum atomic E-state index is 13.1. The van der Waals surface area contributed by atoms with Gasteiger partial charge in [-0.1, -0.05) is 43.4 Å². The average molecular weight is 636 g/mol. The molecule has 1 saturated heterocycles. The Balaban J connectivity index is 1.26. The van der Waals surface area contributed by atoms with Crippen LogP contribution in [-0.4, -0.2) is 75.3 Å². The van der Waals surface area contributed by atoms with E-state index in [0.717, 1.165) is 47.6 Å². The summed E-state index contributed by atoms with van der Waals surface area (Å²) >= 11 is 6.40. The first-order valence-electron chi connectivity index (χ1n) is 14.7. The van der Waals surface area contributed by atoms with E-state index in [1.165, 1.54) is 6.33 Å². The number of amides is 2. The molecule has 0 spiro atoms. The molecule has 232 valence electrons. The normalized spacial score (nSPS) is 15.8. The lowest BCUT2D eigenvalue weighted by molar-refractivity contribution is 0.0909. The Morgan fingerprint density at radius 3 is 2.66 bits per heavy atom. The fourth-order valence-electron chi connectivity index (χ4n) is 5.30. The number of fused-ring (bicyclic) bond motifs is 1. The molecule has 0 saturated carbocycles. The summed E-state index contributed by atoms with van der Waals surface area (Å²) in [4.78, 5) is 39.2. The summed E-state index contributed by atoms with van der Waals surface area (Å²) < 4.78 is 8.07. The smallest absolute Gasteiger partial charge is 0.404 e. The molecule has 1 aromatic carbocycles. The van der Waals surface area contributed by atoms with Crippen LogP contribution >= 0.6 is 11.6 Å². The lowest BCUT2D eigenvalue weighted by Gasteiger charge is -2.32. The molecule has 1 aliphatic rings. The van der Waals surface area contributed by atoms with E-state index >= 15 is 0 Å². The van der Waals surface area contributed by atoms with E-state index in [1.807, 2.05) is 41.0 Å². The van der Waals surface area contributed by atoms with Crippen molar-refractivity contribution in [1.29, 1.82) is 0 Å². The van der Waals surface area contributed by atoms with E-state index < -0.39 is 14.2 Å². The summed E-state index contributed by atoms with van der Waals surface area (Å²) in [6.45, 7) is 10.1. The molecule has 0 radical (unpaired) electrons. The van der Waals surface area contributed by atoms with Gasteiger partial charge in [0.2, 0.25) is 0 Å². The van der Waals surface area contributed by atoms with Crippen LogP contribution in [0.3, 0.4) is 0 Å². The van der Waals surface area contributed by atoms with Crippen LogP contribution in [0, 0.1) is 0 Å². The number of pyridine rings is 1. The second kappa shape index (κ2) is 13.9. The molecule has 0 aliphatic carbocycles. The molecule has 5 rings (SSSR count).